The van der Waals surface area contributed by atoms with Crippen LogP contribution >= 0.6 is 0 Å². The number of piperidine rings is 2. The minimum atomic E-state index is 0.450. The van der Waals surface area contributed by atoms with Gasteiger partial charge in [-0.1, -0.05) is 44.2 Å². The molecule has 0 spiro atoms. The highest BCUT2D eigenvalue weighted by molar-refractivity contribution is 5.88. The third kappa shape index (κ3) is 6.35. The lowest BCUT2D eigenvalue weighted by Gasteiger charge is -2.42. The zero-order valence-electron chi connectivity index (χ0n) is 25.7. The Morgan fingerprint density at radius 1 is 0.767 bits per heavy atom. The van der Waals surface area contributed by atoms with Gasteiger partial charge in [0.1, 0.15) is 35.6 Å². The summed E-state index contributed by atoms with van der Waals surface area (Å²) in [5.41, 5.74) is 3.19. The second-order valence-corrected chi connectivity index (χ2v) is 12.2. The van der Waals surface area contributed by atoms with Crippen LogP contribution in [0.3, 0.4) is 0 Å². The first-order valence-corrected chi connectivity index (χ1v) is 15.5. The van der Waals surface area contributed by atoms with E-state index in [4.69, 9.17) is 0 Å². The van der Waals surface area contributed by atoms with Gasteiger partial charge >= 0.3 is 0 Å². The number of nitrogens with zero attached hydrogens (tertiary/aromatic N) is 7. The van der Waals surface area contributed by atoms with Gasteiger partial charge in [0.15, 0.2) is 0 Å². The van der Waals surface area contributed by atoms with Crippen LogP contribution in [0.2, 0.25) is 0 Å². The Bertz CT molecular complexity index is 1600. The van der Waals surface area contributed by atoms with E-state index in [-0.39, 0.29) is 0 Å². The fraction of sp³-hybridized carbons (Fsp3) is 0.455. The maximum absolute atomic E-state index is 4.57. The molecule has 4 aromatic heterocycles. The fourth-order valence-corrected chi connectivity index (χ4v) is 6.69. The molecule has 3 N–H and O–H groups in total. The summed E-state index contributed by atoms with van der Waals surface area (Å²) in [6.45, 7) is 10.0. The van der Waals surface area contributed by atoms with Crippen LogP contribution < -0.4 is 15.1 Å². The van der Waals surface area contributed by atoms with Crippen LogP contribution in [0.15, 0.2) is 67.5 Å². The van der Waals surface area contributed by atoms with Crippen molar-refractivity contribution in [1.82, 2.24) is 40.1 Å². The molecule has 1 aromatic carbocycles. The van der Waals surface area contributed by atoms with Gasteiger partial charge < -0.3 is 25.1 Å². The molecule has 0 radical (unpaired) electrons. The second-order valence-electron chi connectivity index (χ2n) is 12.2. The normalized spacial score (nSPS) is 22.7. The van der Waals surface area contributed by atoms with E-state index in [9.17, 15) is 0 Å². The van der Waals surface area contributed by atoms with Gasteiger partial charge in [-0.15, -0.1) is 0 Å². The number of likely N-dealkylation sites (N-methyl/N-ethyl adjacent to an activating group) is 2. The summed E-state index contributed by atoms with van der Waals surface area (Å²) in [7, 11) is 4.30. The van der Waals surface area contributed by atoms with Gasteiger partial charge in [-0.3, -0.25) is 4.90 Å². The number of hydrogen-bond acceptors (Lipinski definition) is 8. The van der Waals surface area contributed by atoms with Gasteiger partial charge in [0, 0.05) is 58.2 Å². The summed E-state index contributed by atoms with van der Waals surface area (Å²) in [5, 5.41) is 5.65. The van der Waals surface area contributed by atoms with Gasteiger partial charge in [0.25, 0.3) is 0 Å². The van der Waals surface area contributed by atoms with Crippen molar-refractivity contribution in [2.45, 2.75) is 45.3 Å². The topological polar surface area (TPSA) is 105 Å². The molecule has 0 aliphatic carbocycles. The Kier molecular flexibility index (Phi) is 8.85. The van der Waals surface area contributed by atoms with E-state index in [2.05, 4.69) is 114 Å². The zero-order chi connectivity index (χ0) is 29.8. The van der Waals surface area contributed by atoms with Crippen LogP contribution in [0.25, 0.3) is 22.1 Å². The quantitative estimate of drug-likeness (QED) is 0.266. The number of likely N-dealkylation sites (tertiary alicyclic amines) is 1. The molecule has 4 atom stereocenters. The molecule has 5 aromatic rings. The van der Waals surface area contributed by atoms with Gasteiger partial charge in [0.05, 0.1) is 10.8 Å². The van der Waals surface area contributed by atoms with Crippen LogP contribution in [0, 0.1) is 11.8 Å². The van der Waals surface area contributed by atoms with Gasteiger partial charge in [-0.25, -0.2) is 19.9 Å². The van der Waals surface area contributed by atoms with Crippen molar-refractivity contribution < 1.29 is 0 Å². The number of aromatic nitrogens is 6. The van der Waals surface area contributed by atoms with Gasteiger partial charge in [-0.2, -0.15) is 0 Å². The second kappa shape index (κ2) is 13.1. The zero-order valence-corrected chi connectivity index (χ0v) is 25.7. The minimum absolute atomic E-state index is 0.450. The van der Waals surface area contributed by atoms with E-state index in [1.54, 1.807) is 12.7 Å². The average Bonchev–Trinajstić information content (AvgIpc) is 3.72. The molecule has 6 heterocycles. The maximum Gasteiger partial charge on any atom is 0.142 e. The number of fused-ring (bicyclic) bond motifs is 2. The van der Waals surface area contributed by atoms with E-state index < -0.39 is 0 Å². The summed E-state index contributed by atoms with van der Waals surface area (Å²) in [5.74, 6) is 3.35. The smallest absolute Gasteiger partial charge is 0.142 e. The molecule has 2 saturated heterocycles. The van der Waals surface area contributed by atoms with Gasteiger partial charge in [0.2, 0.25) is 0 Å². The van der Waals surface area contributed by atoms with Gasteiger partial charge in [-0.05, 0) is 55.5 Å². The van der Waals surface area contributed by atoms with E-state index in [0.717, 1.165) is 66.4 Å². The number of H-pyrrole nitrogens is 2. The third-order valence-electron chi connectivity index (χ3n) is 9.37. The summed E-state index contributed by atoms with van der Waals surface area (Å²) in [4.78, 5) is 31.1. The van der Waals surface area contributed by atoms with Crippen molar-refractivity contribution >= 4 is 33.7 Å². The van der Waals surface area contributed by atoms with E-state index in [0.29, 0.717) is 23.9 Å². The van der Waals surface area contributed by atoms with Crippen LogP contribution in [-0.2, 0) is 6.54 Å². The Morgan fingerprint density at radius 3 is 2.00 bits per heavy atom. The number of aromatic amines is 2. The van der Waals surface area contributed by atoms with Crippen molar-refractivity contribution in [1.29, 1.82) is 0 Å². The van der Waals surface area contributed by atoms with Crippen molar-refractivity contribution in [3.8, 4) is 0 Å². The summed E-state index contributed by atoms with van der Waals surface area (Å²) < 4.78 is 0. The predicted molar refractivity (Wildman–Crippen MR) is 174 cm³/mol. The Balaban J connectivity index is 0.000000162. The SMILES string of the molecule is C[C@@H]1CCN(Cc2ccccc2)C[C@@H]1N(C)c1ncnc2[nH]ccc12.C[C@@H]1CCNC[C@@H]1N(C)c1ncnc2[nH]ccc12. The monoisotopic (exact) mass is 580 g/mol. The molecular formula is C33H44N10. The number of benzene rings is 1. The number of nitrogens with one attached hydrogen (secondary N) is 3. The van der Waals surface area contributed by atoms with E-state index in [1.165, 1.54) is 18.4 Å². The Hall–Kier alpha value is -4.02. The molecule has 2 fully saturated rings. The molecule has 226 valence electrons. The molecule has 10 nitrogen and oxygen atoms in total. The van der Waals surface area contributed by atoms with E-state index in [1.807, 2.05) is 18.5 Å². The van der Waals surface area contributed by atoms with Crippen molar-refractivity contribution in [2.24, 2.45) is 11.8 Å². The molecular weight excluding hydrogens is 536 g/mol. The molecule has 7 rings (SSSR count). The summed E-state index contributed by atoms with van der Waals surface area (Å²) >= 11 is 0. The van der Waals surface area contributed by atoms with Crippen LogP contribution in [0.5, 0.6) is 0 Å². The molecule has 0 bridgehead atoms. The van der Waals surface area contributed by atoms with Crippen LogP contribution in [0.1, 0.15) is 32.3 Å². The molecule has 2 aliphatic heterocycles. The van der Waals surface area contributed by atoms with Crippen molar-refractivity contribution in [2.75, 3.05) is 50.1 Å². The van der Waals surface area contributed by atoms with Crippen LogP contribution in [-0.4, -0.2) is 87.2 Å². The molecule has 2 aliphatic rings. The molecule has 0 unspecified atom stereocenters. The number of rotatable bonds is 6. The Morgan fingerprint density at radius 2 is 1.37 bits per heavy atom. The molecule has 0 saturated carbocycles. The molecule has 10 heteroatoms. The largest absolute Gasteiger partial charge is 0.354 e. The number of hydrogen-bond donors (Lipinski definition) is 3. The summed E-state index contributed by atoms with van der Waals surface area (Å²) in [6, 6.07) is 15.8. The van der Waals surface area contributed by atoms with Crippen molar-refractivity contribution in [3.63, 3.8) is 0 Å². The lowest BCUT2D eigenvalue weighted by atomic mass is 9.92. The summed E-state index contributed by atoms with van der Waals surface area (Å²) in [6.07, 6.45) is 9.56. The maximum atomic E-state index is 4.57. The van der Waals surface area contributed by atoms with Crippen LogP contribution in [0.4, 0.5) is 11.6 Å². The lowest BCUT2D eigenvalue weighted by molar-refractivity contribution is 0.159. The predicted octanol–water partition coefficient (Wildman–Crippen LogP) is 4.70. The first-order valence-electron chi connectivity index (χ1n) is 15.5. The first-order chi connectivity index (χ1) is 21.0. The highest BCUT2D eigenvalue weighted by Crippen LogP contribution is 2.29. The lowest BCUT2D eigenvalue weighted by Crippen LogP contribution is -2.50. The number of anilines is 2. The minimum Gasteiger partial charge on any atom is -0.354 e. The highest BCUT2D eigenvalue weighted by atomic mass is 15.3. The molecule has 0 amide bonds. The highest BCUT2D eigenvalue weighted by Gasteiger charge is 2.31. The standard InChI is InChI=1S/C20H25N5.C13H19N5/c1-15-9-11-25(12-16-6-4-3-5-7-16)13-18(15)24(2)20-17-8-10-21-19(17)22-14-23-20;1-9-3-5-14-7-11(9)18(2)13-10-4-6-15-12(10)16-8-17-13/h3-8,10,14-15,18H,9,11-13H2,1-2H3,(H,21,22,23);4,6,8-9,11,14H,3,5,7H2,1-2H3,(H,15,16,17)/t15-,18+;9-,11+/m11/s1. The third-order valence-corrected chi connectivity index (χ3v) is 9.37. The van der Waals surface area contributed by atoms with E-state index >= 15 is 0 Å². The fourth-order valence-electron chi connectivity index (χ4n) is 6.69. The Labute approximate surface area is 254 Å². The van der Waals surface area contributed by atoms with Crippen molar-refractivity contribution in [3.05, 3.63) is 73.1 Å². The first kappa shape index (κ1) is 29.1. The average molecular weight is 581 g/mol. The molecule has 43 heavy (non-hydrogen) atoms.